The van der Waals surface area contributed by atoms with Crippen LogP contribution < -0.4 is 5.32 Å². The lowest BCUT2D eigenvalue weighted by atomic mass is 9.98. The number of benzene rings is 1. The minimum absolute atomic E-state index is 0.0281. The molecule has 0 unspecified atom stereocenters. The van der Waals surface area contributed by atoms with E-state index in [4.69, 9.17) is 4.74 Å². The van der Waals surface area contributed by atoms with Crippen molar-refractivity contribution in [3.8, 4) is 0 Å². The largest absolute Gasteiger partial charge is 0.444 e. The summed E-state index contributed by atoms with van der Waals surface area (Å²) in [6.07, 6.45) is -0.918. The molecule has 0 radical (unpaired) electrons. The molecule has 0 spiro atoms. The fraction of sp³-hybridized carbons (Fsp3) is 0.571. The topological polar surface area (TPSA) is 41.6 Å². The molecule has 156 valence electrons. The molecule has 0 bridgehead atoms. The number of carbonyl (C=O) groups excluding carboxylic acids is 1. The molecule has 1 fully saturated rings. The highest BCUT2D eigenvalue weighted by molar-refractivity contribution is 5.67. The average molecular weight is 398 g/mol. The maximum absolute atomic E-state index is 13.6. The van der Waals surface area contributed by atoms with Crippen LogP contribution in [-0.4, -0.2) is 36.7 Å². The number of hydrogen-bond donors (Lipinski definition) is 1. The number of alkyl carbamates (subject to hydrolysis) is 1. The Morgan fingerprint density at radius 3 is 2.57 bits per heavy atom. The van der Waals surface area contributed by atoms with Gasteiger partial charge in [0.25, 0.3) is 0 Å². The molecule has 7 heteroatoms. The molecule has 1 heterocycles. The van der Waals surface area contributed by atoms with Crippen LogP contribution >= 0.6 is 0 Å². The number of rotatable bonds is 3. The van der Waals surface area contributed by atoms with E-state index in [1.165, 1.54) is 6.07 Å². The van der Waals surface area contributed by atoms with E-state index in [9.17, 15) is 18.0 Å². The molecule has 0 aliphatic carbocycles. The van der Waals surface area contributed by atoms with Gasteiger partial charge in [-0.1, -0.05) is 23.8 Å². The van der Waals surface area contributed by atoms with E-state index in [-0.39, 0.29) is 12.1 Å². The number of ether oxygens (including phenoxy) is 1. The lowest BCUT2D eigenvalue weighted by Gasteiger charge is -2.20. The Morgan fingerprint density at radius 1 is 1.21 bits per heavy atom. The van der Waals surface area contributed by atoms with Crippen LogP contribution in [0.2, 0.25) is 0 Å². The molecule has 1 N–H and O–H groups in total. The van der Waals surface area contributed by atoms with Crippen LogP contribution in [0.25, 0.3) is 6.08 Å². The number of alkyl halides is 3. The molecule has 0 aromatic heterocycles. The van der Waals surface area contributed by atoms with Crippen LogP contribution in [0, 0.1) is 0 Å². The third kappa shape index (κ3) is 7.19. The van der Waals surface area contributed by atoms with Crippen molar-refractivity contribution in [3.63, 3.8) is 0 Å². The van der Waals surface area contributed by atoms with Crippen molar-refractivity contribution in [1.29, 1.82) is 0 Å². The van der Waals surface area contributed by atoms with Crippen molar-refractivity contribution in [1.82, 2.24) is 10.2 Å². The monoisotopic (exact) mass is 398 g/mol. The summed E-state index contributed by atoms with van der Waals surface area (Å²) in [4.78, 5) is 13.9. The molecular formula is C21H29F3N2O2. The highest BCUT2D eigenvalue weighted by atomic mass is 19.4. The standard InChI is InChI=1S/C21H29F3N2O2/c1-20(2,3)28-19(27)25-14-16-7-8-17(18(13-16)21(22,23)24)12-15-6-5-10-26(4)11-9-15/h7-8,12-13H,5-6,9-11,14H2,1-4H3,(H,25,27)/b15-12-. The van der Waals surface area contributed by atoms with Gasteiger partial charge in [-0.3, -0.25) is 0 Å². The summed E-state index contributed by atoms with van der Waals surface area (Å²) in [6, 6.07) is 4.20. The normalized spacial score (nSPS) is 18.0. The first-order chi connectivity index (χ1) is 12.9. The van der Waals surface area contributed by atoms with Crippen LogP contribution in [0.4, 0.5) is 18.0 Å². The molecule has 1 saturated heterocycles. The Hall–Kier alpha value is -2.02. The second-order valence-corrected chi connectivity index (χ2v) is 8.23. The summed E-state index contributed by atoms with van der Waals surface area (Å²) >= 11 is 0. The second-order valence-electron chi connectivity index (χ2n) is 8.23. The number of nitrogens with zero attached hydrogens (tertiary/aromatic N) is 1. The van der Waals surface area contributed by atoms with Crippen LogP contribution in [0.1, 0.15) is 56.7 Å². The molecule has 28 heavy (non-hydrogen) atoms. The van der Waals surface area contributed by atoms with Crippen molar-refractivity contribution >= 4 is 12.2 Å². The molecule has 1 amide bonds. The lowest BCUT2D eigenvalue weighted by Crippen LogP contribution is -2.32. The highest BCUT2D eigenvalue weighted by Gasteiger charge is 2.33. The Kier molecular flexibility index (Phi) is 7.15. The first kappa shape index (κ1) is 22.3. The van der Waals surface area contributed by atoms with E-state index in [1.54, 1.807) is 32.9 Å². The van der Waals surface area contributed by atoms with Gasteiger partial charge in [0.2, 0.25) is 0 Å². The Morgan fingerprint density at radius 2 is 1.93 bits per heavy atom. The molecule has 1 aromatic carbocycles. The van der Waals surface area contributed by atoms with Gasteiger partial charge in [0.1, 0.15) is 5.60 Å². The van der Waals surface area contributed by atoms with E-state index in [0.29, 0.717) is 5.56 Å². The average Bonchev–Trinajstić information content (AvgIpc) is 2.76. The van der Waals surface area contributed by atoms with Crippen molar-refractivity contribution in [3.05, 3.63) is 40.5 Å². The third-order valence-corrected chi connectivity index (χ3v) is 4.47. The van der Waals surface area contributed by atoms with Crippen molar-refractivity contribution in [2.75, 3.05) is 20.1 Å². The third-order valence-electron chi connectivity index (χ3n) is 4.47. The number of halogens is 3. The van der Waals surface area contributed by atoms with Crippen LogP contribution in [0.3, 0.4) is 0 Å². The minimum Gasteiger partial charge on any atom is -0.444 e. The number of hydrogen-bond acceptors (Lipinski definition) is 3. The van der Waals surface area contributed by atoms with Crippen molar-refractivity contribution in [2.45, 2.75) is 58.4 Å². The molecule has 1 aromatic rings. The molecule has 1 aliphatic rings. The fourth-order valence-electron chi connectivity index (χ4n) is 3.08. The van der Waals surface area contributed by atoms with Gasteiger partial charge in [-0.2, -0.15) is 13.2 Å². The molecule has 0 atom stereocenters. The maximum Gasteiger partial charge on any atom is 0.416 e. The van der Waals surface area contributed by atoms with Gasteiger partial charge in [-0.15, -0.1) is 0 Å². The fourth-order valence-corrected chi connectivity index (χ4v) is 3.08. The van der Waals surface area contributed by atoms with E-state index in [0.717, 1.165) is 44.0 Å². The van der Waals surface area contributed by atoms with Gasteiger partial charge in [0.15, 0.2) is 0 Å². The number of likely N-dealkylation sites (tertiary alicyclic amines) is 1. The predicted octanol–water partition coefficient (Wildman–Crippen LogP) is 5.23. The summed E-state index contributed by atoms with van der Waals surface area (Å²) in [5, 5.41) is 2.50. The zero-order valence-corrected chi connectivity index (χ0v) is 16.9. The number of amides is 1. The molecule has 0 saturated carbocycles. The summed E-state index contributed by atoms with van der Waals surface area (Å²) in [6.45, 7) is 6.95. The van der Waals surface area contributed by atoms with Gasteiger partial charge in [0.05, 0.1) is 5.56 Å². The van der Waals surface area contributed by atoms with Gasteiger partial charge < -0.3 is 15.0 Å². The molecular weight excluding hydrogens is 369 g/mol. The van der Waals surface area contributed by atoms with Gasteiger partial charge >= 0.3 is 12.3 Å². The van der Waals surface area contributed by atoms with Crippen LogP contribution in [0.15, 0.2) is 23.8 Å². The first-order valence-electron chi connectivity index (χ1n) is 9.49. The second kappa shape index (κ2) is 8.99. The summed E-state index contributed by atoms with van der Waals surface area (Å²) in [5.41, 5.74) is 0.244. The molecule has 1 aliphatic heterocycles. The van der Waals surface area contributed by atoms with E-state index in [1.807, 2.05) is 7.05 Å². The summed E-state index contributed by atoms with van der Waals surface area (Å²) < 4.78 is 45.9. The van der Waals surface area contributed by atoms with E-state index >= 15 is 0 Å². The first-order valence-corrected chi connectivity index (χ1v) is 9.49. The highest BCUT2D eigenvalue weighted by Crippen LogP contribution is 2.34. The Bertz CT molecular complexity index is 721. The summed E-state index contributed by atoms with van der Waals surface area (Å²) in [7, 11) is 2.02. The van der Waals surface area contributed by atoms with Crippen molar-refractivity contribution in [2.24, 2.45) is 0 Å². The van der Waals surface area contributed by atoms with Crippen LogP contribution in [-0.2, 0) is 17.5 Å². The zero-order chi connectivity index (χ0) is 20.9. The Balaban J connectivity index is 2.18. The van der Waals surface area contributed by atoms with Gasteiger partial charge in [-0.25, -0.2) is 4.79 Å². The predicted molar refractivity (Wildman–Crippen MR) is 104 cm³/mol. The zero-order valence-electron chi connectivity index (χ0n) is 16.9. The SMILES string of the molecule is CN1CCC/C(=C/c2ccc(CNC(=O)OC(C)(C)C)cc2C(F)(F)F)CC1. The van der Waals surface area contributed by atoms with Gasteiger partial charge in [0, 0.05) is 13.1 Å². The van der Waals surface area contributed by atoms with Crippen molar-refractivity contribution < 1.29 is 22.7 Å². The summed E-state index contributed by atoms with van der Waals surface area (Å²) in [5.74, 6) is 0. The quantitative estimate of drug-likeness (QED) is 0.758. The molecule has 2 rings (SSSR count). The number of carbonyl (C=O) groups is 1. The Labute approximate surface area is 164 Å². The lowest BCUT2D eigenvalue weighted by molar-refractivity contribution is -0.137. The van der Waals surface area contributed by atoms with Gasteiger partial charge in [-0.05, 0) is 70.8 Å². The van der Waals surface area contributed by atoms with E-state index in [2.05, 4.69) is 10.2 Å². The molecule has 4 nitrogen and oxygen atoms in total. The smallest absolute Gasteiger partial charge is 0.416 e. The van der Waals surface area contributed by atoms with Crippen LogP contribution in [0.5, 0.6) is 0 Å². The number of nitrogens with one attached hydrogen (secondary N) is 1. The maximum atomic E-state index is 13.6. The minimum atomic E-state index is -4.46. The van der Waals surface area contributed by atoms with E-state index < -0.39 is 23.4 Å².